The van der Waals surface area contributed by atoms with Crippen molar-refractivity contribution in [3.8, 4) is 0 Å². The zero-order chi connectivity index (χ0) is 15.6. The summed E-state index contributed by atoms with van der Waals surface area (Å²) in [4.78, 5) is 8.04. The van der Waals surface area contributed by atoms with E-state index in [-0.39, 0.29) is 0 Å². The fourth-order valence-corrected chi connectivity index (χ4v) is 3.77. The number of rotatable bonds is 4. The highest BCUT2D eigenvalue weighted by molar-refractivity contribution is 4.86. The maximum Gasteiger partial charge on any atom is 0.0126 e. The third kappa shape index (κ3) is 4.67. The van der Waals surface area contributed by atoms with Gasteiger partial charge in [0.15, 0.2) is 0 Å². The molecule has 2 aliphatic heterocycles. The van der Waals surface area contributed by atoms with E-state index in [2.05, 4.69) is 56.2 Å². The fourth-order valence-electron chi connectivity index (χ4n) is 3.77. The SMILES string of the molecule is CC(C)[C@@H](C)N1CC[C@H](CN2CCN(C(C)(C)C)CC2)C1. The van der Waals surface area contributed by atoms with Gasteiger partial charge in [0.25, 0.3) is 0 Å². The molecule has 3 heteroatoms. The first-order valence-electron chi connectivity index (χ1n) is 8.99. The highest BCUT2D eigenvalue weighted by Crippen LogP contribution is 2.23. The summed E-state index contributed by atoms with van der Waals surface area (Å²) < 4.78 is 0. The highest BCUT2D eigenvalue weighted by atomic mass is 15.3. The minimum absolute atomic E-state index is 0.336. The molecular formula is C18H37N3. The van der Waals surface area contributed by atoms with Gasteiger partial charge in [0.1, 0.15) is 0 Å². The Labute approximate surface area is 132 Å². The molecule has 2 fully saturated rings. The van der Waals surface area contributed by atoms with Crippen LogP contribution >= 0.6 is 0 Å². The van der Waals surface area contributed by atoms with Crippen molar-refractivity contribution < 1.29 is 0 Å². The molecule has 0 aromatic rings. The molecular weight excluding hydrogens is 258 g/mol. The number of hydrogen-bond acceptors (Lipinski definition) is 3. The molecule has 3 nitrogen and oxygen atoms in total. The lowest BCUT2D eigenvalue weighted by Gasteiger charge is -2.42. The summed E-state index contributed by atoms with van der Waals surface area (Å²) in [5, 5.41) is 0. The Morgan fingerprint density at radius 1 is 0.952 bits per heavy atom. The summed E-state index contributed by atoms with van der Waals surface area (Å²) in [6.07, 6.45) is 1.40. The molecule has 0 spiro atoms. The monoisotopic (exact) mass is 295 g/mol. The third-order valence-corrected chi connectivity index (χ3v) is 5.70. The van der Waals surface area contributed by atoms with Crippen molar-refractivity contribution in [3.63, 3.8) is 0 Å². The summed E-state index contributed by atoms with van der Waals surface area (Å²) in [6.45, 7) is 23.1. The van der Waals surface area contributed by atoms with Crippen molar-refractivity contribution in [2.75, 3.05) is 45.8 Å². The summed E-state index contributed by atoms with van der Waals surface area (Å²) in [6, 6.07) is 0.743. The molecule has 124 valence electrons. The second-order valence-corrected chi connectivity index (χ2v) is 8.59. The van der Waals surface area contributed by atoms with Crippen molar-refractivity contribution in [3.05, 3.63) is 0 Å². The Morgan fingerprint density at radius 2 is 1.57 bits per heavy atom. The molecule has 0 radical (unpaired) electrons. The summed E-state index contributed by atoms with van der Waals surface area (Å²) in [5.74, 6) is 1.67. The second kappa shape index (κ2) is 6.97. The van der Waals surface area contributed by atoms with Gasteiger partial charge in [0, 0.05) is 50.8 Å². The van der Waals surface area contributed by atoms with E-state index in [1.165, 1.54) is 52.2 Å². The molecule has 2 aliphatic rings. The van der Waals surface area contributed by atoms with Crippen LogP contribution in [0.25, 0.3) is 0 Å². The minimum atomic E-state index is 0.336. The second-order valence-electron chi connectivity index (χ2n) is 8.59. The summed E-state index contributed by atoms with van der Waals surface area (Å²) in [7, 11) is 0. The minimum Gasteiger partial charge on any atom is -0.300 e. The molecule has 0 unspecified atom stereocenters. The van der Waals surface area contributed by atoms with Crippen LogP contribution in [0.4, 0.5) is 0 Å². The maximum atomic E-state index is 2.71. The van der Waals surface area contributed by atoms with Crippen molar-refractivity contribution in [1.82, 2.24) is 14.7 Å². The Bertz CT molecular complexity index is 313. The van der Waals surface area contributed by atoms with E-state index in [4.69, 9.17) is 0 Å². The van der Waals surface area contributed by atoms with Crippen LogP contribution in [0.2, 0.25) is 0 Å². The normalized spacial score (nSPS) is 28.4. The quantitative estimate of drug-likeness (QED) is 0.789. The van der Waals surface area contributed by atoms with Gasteiger partial charge in [-0.2, -0.15) is 0 Å². The average Bonchev–Trinajstić information content (AvgIpc) is 2.85. The molecule has 21 heavy (non-hydrogen) atoms. The fraction of sp³-hybridized carbons (Fsp3) is 1.00. The first kappa shape index (κ1) is 17.2. The van der Waals surface area contributed by atoms with Gasteiger partial charge in [-0.3, -0.25) is 4.90 Å². The summed E-state index contributed by atoms with van der Waals surface area (Å²) >= 11 is 0. The molecule has 0 N–H and O–H groups in total. The van der Waals surface area contributed by atoms with Crippen molar-refractivity contribution in [1.29, 1.82) is 0 Å². The molecule has 2 atom stereocenters. The number of likely N-dealkylation sites (tertiary alicyclic amines) is 1. The van der Waals surface area contributed by atoms with Crippen LogP contribution in [0.15, 0.2) is 0 Å². The van der Waals surface area contributed by atoms with Crippen LogP contribution < -0.4 is 0 Å². The lowest BCUT2D eigenvalue weighted by atomic mass is 10.0. The van der Waals surface area contributed by atoms with Crippen LogP contribution in [0.3, 0.4) is 0 Å². The Hall–Kier alpha value is -0.120. The van der Waals surface area contributed by atoms with Gasteiger partial charge in [-0.05, 0) is 52.5 Å². The molecule has 0 bridgehead atoms. The zero-order valence-corrected chi connectivity index (χ0v) is 15.2. The van der Waals surface area contributed by atoms with Crippen LogP contribution in [-0.2, 0) is 0 Å². The molecule has 0 amide bonds. The van der Waals surface area contributed by atoms with Gasteiger partial charge in [-0.1, -0.05) is 13.8 Å². The Morgan fingerprint density at radius 3 is 2.10 bits per heavy atom. The largest absolute Gasteiger partial charge is 0.300 e. The van der Waals surface area contributed by atoms with Crippen molar-refractivity contribution in [2.45, 2.75) is 59.5 Å². The lowest BCUT2D eigenvalue weighted by Crippen LogP contribution is -2.54. The standard InChI is InChI=1S/C18H37N3/c1-15(2)16(3)20-8-7-17(14-20)13-19-9-11-21(12-10-19)18(4,5)6/h15-17H,7-14H2,1-6H3/t16-,17-/m1/s1. The molecule has 0 aromatic heterocycles. The van der Waals surface area contributed by atoms with Gasteiger partial charge in [-0.15, -0.1) is 0 Å². The van der Waals surface area contributed by atoms with Gasteiger partial charge < -0.3 is 9.80 Å². The average molecular weight is 296 g/mol. The van der Waals surface area contributed by atoms with Crippen molar-refractivity contribution >= 4 is 0 Å². The Kier molecular flexibility index (Phi) is 5.72. The molecule has 0 aromatic carbocycles. The Balaban J connectivity index is 1.73. The van der Waals surface area contributed by atoms with E-state index in [0.717, 1.165) is 17.9 Å². The summed E-state index contributed by atoms with van der Waals surface area (Å²) in [5.41, 5.74) is 0.336. The number of nitrogens with zero attached hydrogens (tertiary/aromatic N) is 3. The van der Waals surface area contributed by atoms with E-state index in [1.807, 2.05) is 0 Å². The first-order chi connectivity index (χ1) is 9.77. The molecule has 2 rings (SSSR count). The van der Waals surface area contributed by atoms with E-state index < -0.39 is 0 Å². The number of piperazine rings is 1. The van der Waals surface area contributed by atoms with E-state index in [1.54, 1.807) is 0 Å². The van der Waals surface area contributed by atoms with Crippen LogP contribution in [0, 0.1) is 11.8 Å². The lowest BCUT2D eigenvalue weighted by molar-refractivity contribution is 0.0552. The topological polar surface area (TPSA) is 9.72 Å². The maximum absolute atomic E-state index is 2.71. The molecule has 2 saturated heterocycles. The van der Waals surface area contributed by atoms with Gasteiger partial charge >= 0.3 is 0 Å². The van der Waals surface area contributed by atoms with Crippen molar-refractivity contribution in [2.24, 2.45) is 11.8 Å². The van der Waals surface area contributed by atoms with E-state index >= 15 is 0 Å². The van der Waals surface area contributed by atoms with Gasteiger partial charge in [-0.25, -0.2) is 0 Å². The third-order valence-electron chi connectivity index (χ3n) is 5.70. The van der Waals surface area contributed by atoms with E-state index in [0.29, 0.717) is 5.54 Å². The van der Waals surface area contributed by atoms with Gasteiger partial charge in [0.05, 0.1) is 0 Å². The zero-order valence-electron chi connectivity index (χ0n) is 15.2. The van der Waals surface area contributed by atoms with E-state index in [9.17, 15) is 0 Å². The molecule has 0 saturated carbocycles. The predicted octanol–water partition coefficient (Wildman–Crippen LogP) is 2.77. The molecule has 2 heterocycles. The van der Waals surface area contributed by atoms with Gasteiger partial charge in [0.2, 0.25) is 0 Å². The predicted molar refractivity (Wildman–Crippen MR) is 91.7 cm³/mol. The highest BCUT2D eigenvalue weighted by Gasteiger charge is 2.31. The molecule has 0 aliphatic carbocycles. The smallest absolute Gasteiger partial charge is 0.0126 e. The first-order valence-corrected chi connectivity index (χ1v) is 8.99. The van der Waals surface area contributed by atoms with Crippen LogP contribution in [0.1, 0.15) is 48.0 Å². The van der Waals surface area contributed by atoms with Crippen LogP contribution in [-0.4, -0.2) is 72.1 Å². The number of hydrogen-bond donors (Lipinski definition) is 0. The van der Waals surface area contributed by atoms with Crippen LogP contribution in [0.5, 0.6) is 0 Å².